The van der Waals surface area contributed by atoms with Crippen LogP contribution in [0.5, 0.6) is 0 Å². The van der Waals surface area contributed by atoms with E-state index in [4.69, 9.17) is 5.73 Å². The quantitative estimate of drug-likeness (QED) is 0.760. The molecular formula is C13H11BrN4O2S. The van der Waals surface area contributed by atoms with Gasteiger partial charge in [0.25, 0.3) is 5.91 Å². The van der Waals surface area contributed by atoms with Crippen molar-refractivity contribution in [3.05, 3.63) is 32.6 Å². The van der Waals surface area contributed by atoms with Crippen LogP contribution in [0.1, 0.15) is 21.7 Å². The first-order valence-electron chi connectivity index (χ1n) is 6.19. The third kappa shape index (κ3) is 2.91. The van der Waals surface area contributed by atoms with Crippen molar-refractivity contribution in [2.45, 2.75) is 12.8 Å². The molecule has 108 valence electrons. The van der Waals surface area contributed by atoms with Crippen LogP contribution in [-0.4, -0.2) is 16.8 Å². The minimum atomic E-state index is -0.296. The van der Waals surface area contributed by atoms with Gasteiger partial charge in [0.1, 0.15) is 10.7 Å². The lowest BCUT2D eigenvalue weighted by atomic mass is 10.0. The molecule has 1 aliphatic heterocycles. The van der Waals surface area contributed by atoms with E-state index < -0.39 is 0 Å². The Labute approximate surface area is 132 Å². The summed E-state index contributed by atoms with van der Waals surface area (Å²) in [5.74, 6) is -0.0772. The zero-order valence-electron chi connectivity index (χ0n) is 10.8. The van der Waals surface area contributed by atoms with Crippen LogP contribution >= 0.6 is 27.3 Å². The summed E-state index contributed by atoms with van der Waals surface area (Å²) in [7, 11) is 0. The van der Waals surface area contributed by atoms with Gasteiger partial charge < -0.3 is 16.4 Å². The van der Waals surface area contributed by atoms with E-state index in [-0.39, 0.29) is 17.6 Å². The van der Waals surface area contributed by atoms with E-state index in [0.717, 1.165) is 11.3 Å². The van der Waals surface area contributed by atoms with E-state index in [2.05, 4.69) is 31.5 Å². The molecule has 2 aromatic rings. The molecule has 4 N–H and O–H groups in total. The van der Waals surface area contributed by atoms with E-state index >= 15 is 0 Å². The van der Waals surface area contributed by atoms with Gasteiger partial charge in [-0.25, -0.2) is 4.98 Å². The summed E-state index contributed by atoms with van der Waals surface area (Å²) in [6.07, 6.45) is 1.12. The van der Waals surface area contributed by atoms with Crippen molar-refractivity contribution in [1.82, 2.24) is 4.98 Å². The lowest BCUT2D eigenvalue weighted by Crippen LogP contribution is -2.19. The molecule has 2 amide bonds. The van der Waals surface area contributed by atoms with Crippen LogP contribution in [0, 0.1) is 0 Å². The van der Waals surface area contributed by atoms with Crippen LogP contribution < -0.4 is 16.4 Å². The van der Waals surface area contributed by atoms with Gasteiger partial charge in [0.2, 0.25) is 5.91 Å². The number of anilines is 3. The minimum Gasteiger partial charge on any atom is -0.382 e. The Morgan fingerprint density at radius 2 is 2.24 bits per heavy atom. The third-order valence-electron chi connectivity index (χ3n) is 3.09. The van der Waals surface area contributed by atoms with Gasteiger partial charge in [0.05, 0.1) is 0 Å². The Morgan fingerprint density at radius 3 is 2.95 bits per heavy atom. The van der Waals surface area contributed by atoms with Gasteiger partial charge in [-0.15, -0.1) is 0 Å². The Kier molecular flexibility index (Phi) is 3.64. The molecule has 6 nitrogen and oxygen atoms in total. The maximum Gasteiger partial charge on any atom is 0.269 e. The predicted molar refractivity (Wildman–Crippen MR) is 85.6 cm³/mol. The zero-order valence-corrected chi connectivity index (χ0v) is 13.2. The molecule has 8 heteroatoms. The summed E-state index contributed by atoms with van der Waals surface area (Å²) >= 11 is 4.38. The monoisotopic (exact) mass is 366 g/mol. The second-order valence-electron chi connectivity index (χ2n) is 4.56. The number of aryl methyl sites for hydroxylation is 1. The smallest absolute Gasteiger partial charge is 0.269 e. The number of nitrogen functional groups attached to an aromatic ring is 1. The second-order valence-corrected chi connectivity index (χ2v) is 6.83. The second kappa shape index (κ2) is 5.45. The first-order valence-corrected chi connectivity index (χ1v) is 7.80. The van der Waals surface area contributed by atoms with Gasteiger partial charge in [-0.2, -0.15) is 0 Å². The molecule has 1 aliphatic rings. The third-order valence-corrected chi connectivity index (χ3v) is 4.61. The topological polar surface area (TPSA) is 97.1 Å². The van der Waals surface area contributed by atoms with Crippen LogP contribution in [-0.2, 0) is 11.2 Å². The highest BCUT2D eigenvalue weighted by molar-refractivity contribution is 9.11. The number of thiazole rings is 1. The number of hydrogen-bond acceptors (Lipinski definition) is 5. The number of fused-ring (bicyclic) bond motifs is 1. The average Bonchev–Trinajstić information content (AvgIpc) is 2.78. The van der Waals surface area contributed by atoms with E-state index in [9.17, 15) is 9.59 Å². The summed E-state index contributed by atoms with van der Waals surface area (Å²) in [4.78, 5) is 27.8. The maximum atomic E-state index is 12.2. The SMILES string of the molecule is Nc1nc(Br)sc1C(=O)Nc1ccc2c(c1)CCC(=O)N2. The van der Waals surface area contributed by atoms with Gasteiger partial charge in [0.15, 0.2) is 3.92 Å². The van der Waals surface area contributed by atoms with Crippen LogP contribution in [0.3, 0.4) is 0 Å². The fourth-order valence-electron chi connectivity index (χ4n) is 2.12. The molecule has 0 fully saturated rings. The van der Waals surface area contributed by atoms with Crippen molar-refractivity contribution in [3.8, 4) is 0 Å². The molecule has 1 aromatic heterocycles. The largest absolute Gasteiger partial charge is 0.382 e. The molecule has 0 unspecified atom stereocenters. The number of carbonyl (C=O) groups is 2. The van der Waals surface area contributed by atoms with Crippen molar-refractivity contribution in [2.24, 2.45) is 0 Å². The highest BCUT2D eigenvalue weighted by atomic mass is 79.9. The summed E-state index contributed by atoms with van der Waals surface area (Å²) in [5.41, 5.74) is 8.15. The van der Waals surface area contributed by atoms with E-state index in [1.54, 1.807) is 12.1 Å². The number of rotatable bonds is 2. The average molecular weight is 367 g/mol. The van der Waals surface area contributed by atoms with Crippen LogP contribution in [0.2, 0.25) is 0 Å². The first kappa shape index (κ1) is 14.0. The fourth-order valence-corrected chi connectivity index (χ4v) is 3.40. The maximum absolute atomic E-state index is 12.2. The van der Waals surface area contributed by atoms with Gasteiger partial charge in [0, 0.05) is 17.8 Å². The molecule has 3 rings (SSSR count). The zero-order chi connectivity index (χ0) is 15.0. The van der Waals surface area contributed by atoms with Crippen LogP contribution in [0.15, 0.2) is 22.1 Å². The summed E-state index contributed by atoms with van der Waals surface area (Å²) in [6, 6.07) is 5.39. The number of halogens is 1. The standard InChI is InChI=1S/C13H11BrN4O2S/c14-13-18-11(15)10(21-13)12(20)16-7-2-3-8-6(5-7)1-4-9(19)17-8/h2-3,5H,1,4,15H2,(H,16,20)(H,17,19). The lowest BCUT2D eigenvalue weighted by molar-refractivity contribution is -0.116. The van der Waals surface area contributed by atoms with Crippen molar-refractivity contribution >= 4 is 56.3 Å². The number of carbonyl (C=O) groups excluding carboxylic acids is 2. The Morgan fingerprint density at radius 1 is 1.43 bits per heavy atom. The summed E-state index contributed by atoms with van der Waals surface area (Å²) < 4.78 is 0.568. The molecule has 0 aliphatic carbocycles. The number of benzene rings is 1. The number of nitrogens with zero attached hydrogens (tertiary/aromatic N) is 1. The minimum absolute atomic E-state index is 0.0153. The predicted octanol–water partition coefficient (Wildman–Crippen LogP) is 2.62. The fraction of sp³-hybridized carbons (Fsp3) is 0.154. The summed E-state index contributed by atoms with van der Waals surface area (Å²) in [6.45, 7) is 0. The molecule has 0 saturated heterocycles. The van der Waals surface area contributed by atoms with Crippen molar-refractivity contribution in [3.63, 3.8) is 0 Å². The number of nitrogens with two attached hydrogens (primary N) is 1. The molecule has 2 heterocycles. The molecule has 0 spiro atoms. The van der Waals surface area contributed by atoms with Crippen molar-refractivity contribution in [1.29, 1.82) is 0 Å². The Bertz CT molecular complexity index is 744. The number of aromatic nitrogens is 1. The van der Waals surface area contributed by atoms with Crippen molar-refractivity contribution < 1.29 is 9.59 Å². The first-order chi connectivity index (χ1) is 10.0. The van der Waals surface area contributed by atoms with Gasteiger partial charge in [-0.1, -0.05) is 11.3 Å². The lowest BCUT2D eigenvalue weighted by Gasteiger charge is -2.17. The van der Waals surface area contributed by atoms with E-state index in [1.807, 2.05) is 6.07 Å². The molecule has 0 radical (unpaired) electrons. The van der Waals surface area contributed by atoms with Gasteiger partial charge >= 0.3 is 0 Å². The number of hydrogen-bond donors (Lipinski definition) is 3. The molecule has 0 saturated carbocycles. The molecule has 0 atom stereocenters. The molecule has 0 bridgehead atoms. The van der Waals surface area contributed by atoms with Crippen molar-refractivity contribution in [2.75, 3.05) is 16.4 Å². The summed E-state index contributed by atoms with van der Waals surface area (Å²) in [5, 5.41) is 5.59. The number of amides is 2. The number of nitrogens with one attached hydrogen (secondary N) is 2. The van der Waals surface area contributed by atoms with Gasteiger partial charge in [-0.05, 0) is 46.1 Å². The van der Waals surface area contributed by atoms with Crippen LogP contribution in [0.4, 0.5) is 17.2 Å². The highest BCUT2D eigenvalue weighted by Crippen LogP contribution is 2.28. The highest BCUT2D eigenvalue weighted by Gasteiger charge is 2.18. The normalized spacial score (nSPS) is 13.5. The Balaban J connectivity index is 1.81. The van der Waals surface area contributed by atoms with Gasteiger partial charge in [-0.3, -0.25) is 9.59 Å². The van der Waals surface area contributed by atoms with E-state index in [1.165, 1.54) is 11.3 Å². The molecule has 1 aromatic carbocycles. The van der Waals surface area contributed by atoms with Crippen LogP contribution in [0.25, 0.3) is 0 Å². The Hall–Kier alpha value is -1.93. The van der Waals surface area contributed by atoms with E-state index in [0.29, 0.717) is 27.3 Å². The molecule has 21 heavy (non-hydrogen) atoms. The molecular weight excluding hydrogens is 356 g/mol.